The molecule has 1 aliphatic carbocycles. The molecular formula is C20H22N4OS2. The number of nitrogens with zero attached hydrogens (tertiary/aromatic N) is 4. The van der Waals surface area contributed by atoms with Crippen LogP contribution >= 0.6 is 23.1 Å². The highest BCUT2D eigenvalue weighted by Gasteiger charge is 2.31. The maximum Gasteiger partial charge on any atom is 0.233 e. The van der Waals surface area contributed by atoms with Gasteiger partial charge in [-0.25, -0.2) is 0 Å². The lowest BCUT2D eigenvalue weighted by molar-refractivity contribution is -0.128. The third-order valence-corrected chi connectivity index (χ3v) is 6.69. The first-order valence-corrected chi connectivity index (χ1v) is 10.9. The van der Waals surface area contributed by atoms with Crippen LogP contribution in [0.5, 0.6) is 0 Å². The lowest BCUT2D eigenvalue weighted by atomic mass is 10.1. The van der Waals surface area contributed by atoms with Crippen molar-refractivity contribution in [2.75, 3.05) is 12.8 Å². The zero-order valence-electron chi connectivity index (χ0n) is 15.4. The number of benzene rings is 1. The zero-order chi connectivity index (χ0) is 18.8. The smallest absolute Gasteiger partial charge is 0.233 e. The van der Waals surface area contributed by atoms with Gasteiger partial charge in [0.05, 0.1) is 16.7 Å². The summed E-state index contributed by atoms with van der Waals surface area (Å²) < 4.78 is 2.21. The van der Waals surface area contributed by atoms with Crippen LogP contribution < -0.4 is 0 Å². The fourth-order valence-corrected chi connectivity index (χ4v) is 4.65. The molecule has 2 heterocycles. The Morgan fingerprint density at radius 3 is 2.70 bits per heavy atom. The van der Waals surface area contributed by atoms with Crippen molar-refractivity contribution in [2.24, 2.45) is 0 Å². The van der Waals surface area contributed by atoms with Gasteiger partial charge in [-0.1, -0.05) is 48.2 Å². The Balaban J connectivity index is 1.45. The largest absolute Gasteiger partial charge is 0.338 e. The fourth-order valence-electron chi connectivity index (χ4n) is 3.01. The molecule has 1 amide bonds. The van der Waals surface area contributed by atoms with Crippen molar-refractivity contribution in [1.29, 1.82) is 0 Å². The molecule has 1 fully saturated rings. The second kappa shape index (κ2) is 7.86. The Kier molecular flexibility index (Phi) is 5.31. The van der Waals surface area contributed by atoms with Gasteiger partial charge in [0.25, 0.3) is 0 Å². The van der Waals surface area contributed by atoms with Crippen molar-refractivity contribution in [2.45, 2.75) is 37.0 Å². The average Bonchev–Trinajstić information content (AvgIpc) is 3.22. The molecule has 4 rings (SSSR count). The molecule has 0 bridgehead atoms. The second-order valence-electron chi connectivity index (χ2n) is 6.76. The van der Waals surface area contributed by atoms with Crippen LogP contribution in [0.4, 0.5) is 0 Å². The Morgan fingerprint density at radius 2 is 2.04 bits per heavy atom. The number of amides is 1. The standard InChI is InChI=1S/C20H22N4OS2/c1-14(15-7-4-3-5-8-15)23(2)18(25)13-27-20-22-21-19(17-9-6-12-26-17)24(20)16-10-11-16/h3-9,12,14,16H,10-11,13H2,1-2H3/t14-/m1/s1. The first-order valence-electron chi connectivity index (χ1n) is 9.07. The van der Waals surface area contributed by atoms with E-state index in [2.05, 4.69) is 45.3 Å². The van der Waals surface area contributed by atoms with Gasteiger partial charge in [-0.3, -0.25) is 9.36 Å². The molecule has 0 saturated heterocycles. The van der Waals surface area contributed by atoms with Crippen molar-refractivity contribution < 1.29 is 4.79 Å². The summed E-state index contributed by atoms with van der Waals surface area (Å²) in [4.78, 5) is 15.6. The number of thiophene rings is 1. The molecule has 1 saturated carbocycles. The number of carbonyl (C=O) groups excluding carboxylic acids is 1. The average molecular weight is 399 g/mol. The van der Waals surface area contributed by atoms with Crippen LogP contribution in [0, 0.1) is 0 Å². The van der Waals surface area contributed by atoms with Crippen molar-refractivity contribution >= 4 is 29.0 Å². The van der Waals surface area contributed by atoms with E-state index >= 15 is 0 Å². The quantitative estimate of drug-likeness (QED) is 0.544. The van der Waals surface area contributed by atoms with Gasteiger partial charge >= 0.3 is 0 Å². The summed E-state index contributed by atoms with van der Waals surface area (Å²) in [6.07, 6.45) is 2.31. The van der Waals surface area contributed by atoms with Crippen LogP contribution in [0.2, 0.25) is 0 Å². The van der Waals surface area contributed by atoms with Crippen LogP contribution in [0.15, 0.2) is 53.0 Å². The van der Waals surface area contributed by atoms with Crippen molar-refractivity contribution in [3.63, 3.8) is 0 Å². The third-order valence-electron chi connectivity index (χ3n) is 4.90. The van der Waals surface area contributed by atoms with Gasteiger partial charge in [0.1, 0.15) is 0 Å². The minimum Gasteiger partial charge on any atom is -0.338 e. The summed E-state index contributed by atoms with van der Waals surface area (Å²) >= 11 is 3.16. The van der Waals surface area contributed by atoms with E-state index < -0.39 is 0 Å². The number of carbonyl (C=O) groups is 1. The molecule has 7 heteroatoms. The lowest BCUT2D eigenvalue weighted by Crippen LogP contribution is -2.31. The van der Waals surface area contributed by atoms with Crippen molar-refractivity contribution in [3.8, 4) is 10.7 Å². The summed E-state index contributed by atoms with van der Waals surface area (Å²) in [5, 5.41) is 11.7. The highest BCUT2D eigenvalue weighted by atomic mass is 32.2. The molecular weight excluding hydrogens is 376 g/mol. The number of hydrogen-bond donors (Lipinski definition) is 0. The van der Waals surface area contributed by atoms with Crippen LogP contribution in [0.1, 0.15) is 37.4 Å². The molecule has 0 radical (unpaired) electrons. The summed E-state index contributed by atoms with van der Waals surface area (Å²) in [6.45, 7) is 2.06. The Bertz CT molecular complexity index is 903. The lowest BCUT2D eigenvalue weighted by Gasteiger charge is -2.25. The minimum absolute atomic E-state index is 0.0438. The second-order valence-corrected chi connectivity index (χ2v) is 8.65. The highest BCUT2D eigenvalue weighted by molar-refractivity contribution is 7.99. The van der Waals surface area contributed by atoms with Gasteiger partial charge in [0.2, 0.25) is 5.91 Å². The molecule has 0 spiro atoms. The molecule has 0 N–H and O–H groups in total. The number of aromatic nitrogens is 3. The van der Waals surface area contributed by atoms with E-state index in [9.17, 15) is 4.79 Å². The summed E-state index contributed by atoms with van der Waals surface area (Å²) in [5.41, 5.74) is 1.14. The number of hydrogen-bond acceptors (Lipinski definition) is 5. The van der Waals surface area contributed by atoms with Crippen molar-refractivity contribution in [1.82, 2.24) is 19.7 Å². The van der Waals surface area contributed by atoms with Crippen LogP contribution in [0.3, 0.4) is 0 Å². The van der Waals surface area contributed by atoms with Gasteiger partial charge in [0, 0.05) is 13.1 Å². The Hall–Kier alpha value is -2.12. The monoisotopic (exact) mass is 398 g/mol. The molecule has 140 valence electrons. The Morgan fingerprint density at radius 1 is 1.26 bits per heavy atom. The Labute approximate surface area is 167 Å². The van der Waals surface area contributed by atoms with Gasteiger partial charge in [-0.05, 0) is 36.8 Å². The molecule has 1 aromatic carbocycles. The van der Waals surface area contributed by atoms with E-state index in [0.717, 1.165) is 34.3 Å². The topological polar surface area (TPSA) is 51.0 Å². The third kappa shape index (κ3) is 3.94. The van der Waals surface area contributed by atoms with E-state index in [4.69, 9.17) is 0 Å². The molecule has 0 aliphatic heterocycles. The molecule has 1 atom stereocenters. The maximum absolute atomic E-state index is 12.7. The first kappa shape index (κ1) is 18.3. The number of thioether (sulfide) groups is 1. The van der Waals surface area contributed by atoms with E-state index in [1.807, 2.05) is 31.3 Å². The van der Waals surface area contributed by atoms with E-state index in [0.29, 0.717) is 11.8 Å². The molecule has 3 aromatic rings. The van der Waals surface area contributed by atoms with Crippen molar-refractivity contribution in [3.05, 3.63) is 53.4 Å². The van der Waals surface area contributed by atoms with Crippen LogP contribution in [0.25, 0.3) is 10.7 Å². The SMILES string of the molecule is C[C@H](c1ccccc1)N(C)C(=O)CSc1nnc(-c2cccs2)n1C1CC1. The van der Waals surface area contributed by atoms with Crippen LogP contribution in [-0.2, 0) is 4.79 Å². The van der Waals surface area contributed by atoms with Gasteiger partial charge in [0.15, 0.2) is 11.0 Å². The normalized spacial score (nSPS) is 14.9. The summed E-state index contributed by atoms with van der Waals surface area (Å²) in [7, 11) is 1.86. The predicted molar refractivity (Wildman–Crippen MR) is 110 cm³/mol. The number of rotatable bonds is 7. The highest BCUT2D eigenvalue weighted by Crippen LogP contribution is 2.41. The maximum atomic E-state index is 12.7. The molecule has 27 heavy (non-hydrogen) atoms. The first-order chi connectivity index (χ1) is 13.1. The molecule has 1 aliphatic rings. The van der Waals surface area contributed by atoms with E-state index in [1.54, 1.807) is 16.2 Å². The van der Waals surface area contributed by atoms with E-state index in [1.165, 1.54) is 11.8 Å². The zero-order valence-corrected chi connectivity index (χ0v) is 17.0. The van der Waals surface area contributed by atoms with Crippen LogP contribution in [-0.4, -0.2) is 38.4 Å². The fraction of sp³-hybridized carbons (Fsp3) is 0.350. The van der Waals surface area contributed by atoms with Gasteiger partial charge in [-0.15, -0.1) is 21.5 Å². The summed E-state index contributed by atoms with van der Waals surface area (Å²) in [6, 6.07) is 14.7. The summed E-state index contributed by atoms with van der Waals surface area (Å²) in [5.74, 6) is 1.39. The molecule has 2 aromatic heterocycles. The predicted octanol–water partition coefficient (Wildman–Crippen LogP) is 4.65. The minimum atomic E-state index is 0.0438. The van der Waals surface area contributed by atoms with Gasteiger partial charge in [-0.2, -0.15) is 0 Å². The van der Waals surface area contributed by atoms with Gasteiger partial charge < -0.3 is 4.90 Å². The van der Waals surface area contributed by atoms with E-state index in [-0.39, 0.29) is 11.9 Å². The molecule has 5 nitrogen and oxygen atoms in total. The molecule has 0 unspecified atom stereocenters.